The van der Waals surface area contributed by atoms with Crippen LogP contribution >= 0.6 is 11.8 Å². The number of fused-ring (bicyclic) bond motifs is 1. The second-order valence-corrected chi connectivity index (χ2v) is 6.92. The van der Waals surface area contributed by atoms with Gasteiger partial charge in [0.25, 0.3) is 5.91 Å². The fourth-order valence-electron chi connectivity index (χ4n) is 2.90. The quantitative estimate of drug-likeness (QED) is 0.864. The summed E-state index contributed by atoms with van der Waals surface area (Å²) in [6.45, 7) is 0.813. The topological polar surface area (TPSA) is 86.7 Å². The van der Waals surface area contributed by atoms with Crippen LogP contribution in [0.1, 0.15) is 29.6 Å². The van der Waals surface area contributed by atoms with E-state index in [-0.39, 0.29) is 18.4 Å². The largest absolute Gasteiger partial charge is 0.481 e. The highest BCUT2D eigenvalue weighted by atomic mass is 32.2. The van der Waals surface area contributed by atoms with Crippen LogP contribution < -0.4 is 5.32 Å². The number of nitrogens with zero attached hydrogens (tertiary/aromatic N) is 1. The fraction of sp³-hybridized carbons (Fsp3) is 0.438. The molecule has 1 saturated heterocycles. The molecule has 2 aliphatic heterocycles. The summed E-state index contributed by atoms with van der Waals surface area (Å²) in [6.07, 6.45) is 1.76. The van der Waals surface area contributed by atoms with E-state index in [0.29, 0.717) is 37.1 Å². The van der Waals surface area contributed by atoms with Gasteiger partial charge in [-0.1, -0.05) is 0 Å². The van der Waals surface area contributed by atoms with Crippen molar-refractivity contribution in [2.24, 2.45) is 5.92 Å². The Bertz CT molecular complexity index is 661. The zero-order valence-corrected chi connectivity index (χ0v) is 13.4. The van der Waals surface area contributed by atoms with Gasteiger partial charge in [-0.2, -0.15) is 0 Å². The third-order valence-electron chi connectivity index (χ3n) is 4.15. The van der Waals surface area contributed by atoms with E-state index in [1.807, 2.05) is 6.07 Å². The Morgan fingerprint density at radius 2 is 2.17 bits per heavy atom. The summed E-state index contributed by atoms with van der Waals surface area (Å²) >= 11 is 1.59. The number of hydrogen-bond donors (Lipinski definition) is 2. The SMILES string of the molecule is O=C1CCSc2ccc(C(=O)N3CCCC(C(=O)O)C3)cc2N1. The minimum atomic E-state index is -0.854. The van der Waals surface area contributed by atoms with Crippen molar-refractivity contribution in [3.05, 3.63) is 23.8 Å². The Morgan fingerprint density at radius 3 is 2.96 bits per heavy atom. The van der Waals surface area contributed by atoms with Crippen LogP contribution in [-0.4, -0.2) is 46.6 Å². The van der Waals surface area contributed by atoms with Crippen LogP contribution in [0.25, 0.3) is 0 Å². The second kappa shape index (κ2) is 6.62. The number of aliphatic carboxylic acids is 1. The number of carboxylic acids is 1. The number of likely N-dealkylation sites (tertiary alicyclic amines) is 1. The normalized spacial score (nSPS) is 21.1. The highest BCUT2D eigenvalue weighted by molar-refractivity contribution is 7.99. The predicted octanol–water partition coefficient (Wildman–Crippen LogP) is 2.06. The Morgan fingerprint density at radius 1 is 1.35 bits per heavy atom. The van der Waals surface area contributed by atoms with Crippen LogP contribution in [0.4, 0.5) is 5.69 Å². The lowest BCUT2D eigenvalue weighted by Crippen LogP contribution is -2.42. The van der Waals surface area contributed by atoms with E-state index >= 15 is 0 Å². The molecule has 0 saturated carbocycles. The third-order valence-corrected chi connectivity index (χ3v) is 5.22. The first-order chi connectivity index (χ1) is 11.0. The molecule has 122 valence electrons. The maximum atomic E-state index is 12.6. The number of thioether (sulfide) groups is 1. The molecule has 0 aromatic heterocycles. The van der Waals surface area contributed by atoms with Crippen molar-refractivity contribution in [1.29, 1.82) is 0 Å². The molecule has 1 atom stereocenters. The molecule has 6 nitrogen and oxygen atoms in total. The van der Waals surface area contributed by atoms with Gasteiger partial charge < -0.3 is 15.3 Å². The number of piperidine rings is 1. The average Bonchev–Trinajstić information content (AvgIpc) is 2.74. The number of carbonyl (C=O) groups excluding carboxylic acids is 2. The number of rotatable bonds is 2. The number of amides is 2. The summed E-state index contributed by atoms with van der Waals surface area (Å²) in [4.78, 5) is 38.0. The van der Waals surface area contributed by atoms with Gasteiger partial charge >= 0.3 is 5.97 Å². The van der Waals surface area contributed by atoms with E-state index in [1.54, 1.807) is 28.8 Å². The molecule has 1 aromatic carbocycles. The van der Waals surface area contributed by atoms with Crippen molar-refractivity contribution >= 4 is 35.2 Å². The summed E-state index contributed by atoms with van der Waals surface area (Å²) in [7, 11) is 0. The van der Waals surface area contributed by atoms with Gasteiger partial charge in [0.2, 0.25) is 5.91 Å². The van der Waals surface area contributed by atoms with Crippen LogP contribution in [0.2, 0.25) is 0 Å². The smallest absolute Gasteiger partial charge is 0.308 e. The van der Waals surface area contributed by atoms with Crippen molar-refractivity contribution in [3.63, 3.8) is 0 Å². The lowest BCUT2D eigenvalue weighted by Gasteiger charge is -2.30. The van der Waals surface area contributed by atoms with E-state index in [9.17, 15) is 14.4 Å². The first-order valence-corrected chi connectivity index (χ1v) is 8.62. The molecule has 1 fully saturated rings. The highest BCUT2D eigenvalue weighted by Crippen LogP contribution is 2.32. The number of carbonyl (C=O) groups is 3. The molecule has 3 rings (SSSR count). The molecule has 23 heavy (non-hydrogen) atoms. The number of carboxylic acid groups (broad SMARTS) is 1. The van der Waals surface area contributed by atoms with E-state index in [1.165, 1.54) is 0 Å². The first kappa shape index (κ1) is 15.9. The first-order valence-electron chi connectivity index (χ1n) is 7.63. The molecule has 0 aliphatic carbocycles. The van der Waals surface area contributed by atoms with Gasteiger partial charge in [-0.25, -0.2) is 0 Å². The van der Waals surface area contributed by atoms with Gasteiger partial charge in [0.05, 0.1) is 11.6 Å². The van der Waals surface area contributed by atoms with Crippen LogP contribution in [0.15, 0.2) is 23.1 Å². The van der Waals surface area contributed by atoms with Gasteiger partial charge in [0.1, 0.15) is 0 Å². The summed E-state index contributed by atoms with van der Waals surface area (Å²) in [5, 5.41) is 12.0. The number of anilines is 1. The van der Waals surface area contributed by atoms with Crippen LogP contribution in [0.5, 0.6) is 0 Å². The standard InChI is InChI=1S/C16H18N2O4S/c19-14-5-7-23-13-4-3-10(8-12(13)17-14)15(20)18-6-1-2-11(9-18)16(21)22/h3-4,8,11H,1-2,5-7,9H2,(H,17,19)(H,21,22). The lowest BCUT2D eigenvalue weighted by atomic mass is 9.97. The predicted molar refractivity (Wildman–Crippen MR) is 86.7 cm³/mol. The summed E-state index contributed by atoms with van der Waals surface area (Å²) in [6, 6.07) is 5.28. The van der Waals surface area contributed by atoms with Gasteiger partial charge in [0.15, 0.2) is 0 Å². The number of benzene rings is 1. The van der Waals surface area contributed by atoms with Crippen molar-refractivity contribution in [2.45, 2.75) is 24.2 Å². The summed E-state index contributed by atoms with van der Waals surface area (Å²) < 4.78 is 0. The van der Waals surface area contributed by atoms with Crippen LogP contribution in [-0.2, 0) is 9.59 Å². The molecule has 2 aliphatic rings. The summed E-state index contributed by atoms with van der Waals surface area (Å²) in [5.74, 6) is -0.859. The molecule has 2 N–H and O–H groups in total. The monoisotopic (exact) mass is 334 g/mol. The van der Waals surface area contributed by atoms with Crippen molar-refractivity contribution < 1.29 is 19.5 Å². The zero-order valence-electron chi connectivity index (χ0n) is 12.6. The van der Waals surface area contributed by atoms with Crippen molar-refractivity contribution in [1.82, 2.24) is 4.90 Å². The molecule has 0 radical (unpaired) electrons. The van der Waals surface area contributed by atoms with Gasteiger partial charge in [-0.3, -0.25) is 14.4 Å². The molecule has 2 amide bonds. The lowest BCUT2D eigenvalue weighted by molar-refractivity contribution is -0.143. The van der Waals surface area contributed by atoms with Crippen molar-refractivity contribution in [2.75, 3.05) is 24.2 Å². The molecular weight excluding hydrogens is 316 g/mol. The van der Waals surface area contributed by atoms with Gasteiger partial charge in [0, 0.05) is 35.7 Å². The average molecular weight is 334 g/mol. The van der Waals surface area contributed by atoms with Crippen molar-refractivity contribution in [3.8, 4) is 0 Å². The molecule has 7 heteroatoms. The fourth-order valence-corrected chi connectivity index (χ4v) is 3.84. The van der Waals surface area contributed by atoms with E-state index in [2.05, 4.69) is 5.32 Å². The Labute approximate surface area is 138 Å². The highest BCUT2D eigenvalue weighted by Gasteiger charge is 2.29. The molecule has 0 bridgehead atoms. The Balaban J connectivity index is 1.80. The Hall–Kier alpha value is -2.02. The molecule has 1 aromatic rings. The van der Waals surface area contributed by atoms with E-state index in [0.717, 1.165) is 10.6 Å². The maximum Gasteiger partial charge on any atom is 0.308 e. The minimum Gasteiger partial charge on any atom is -0.481 e. The molecular formula is C16H18N2O4S. The molecule has 2 heterocycles. The van der Waals surface area contributed by atoms with Crippen LogP contribution in [0, 0.1) is 5.92 Å². The minimum absolute atomic E-state index is 0.0511. The third kappa shape index (κ3) is 3.50. The summed E-state index contributed by atoms with van der Waals surface area (Å²) in [5.41, 5.74) is 1.15. The van der Waals surface area contributed by atoms with E-state index in [4.69, 9.17) is 5.11 Å². The van der Waals surface area contributed by atoms with Crippen LogP contribution in [0.3, 0.4) is 0 Å². The molecule has 1 unspecified atom stereocenters. The number of nitrogens with one attached hydrogen (secondary N) is 1. The van der Waals surface area contributed by atoms with E-state index < -0.39 is 11.9 Å². The van der Waals surface area contributed by atoms with Gasteiger partial charge in [-0.05, 0) is 31.0 Å². The van der Waals surface area contributed by atoms with Gasteiger partial charge in [-0.15, -0.1) is 11.8 Å². The maximum absolute atomic E-state index is 12.6. The number of hydrogen-bond acceptors (Lipinski definition) is 4. The molecule has 0 spiro atoms. The Kier molecular flexibility index (Phi) is 4.56. The zero-order chi connectivity index (χ0) is 16.4. The second-order valence-electron chi connectivity index (χ2n) is 5.79.